The number of amides is 1. The van der Waals surface area contributed by atoms with E-state index in [0.29, 0.717) is 29.2 Å². The number of carbonyl (C=O) groups excluding carboxylic acids is 1. The summed E-state index contributed by atoms with van der Waals surface area (Å²) in [5.74, 6) is 0.0865. The van der Waals surface area contributed by atoms with Crippen LogP contribution in [0.1, 0.15) is 18.4 Å². The Bertz CT molecular complexity index is 481. The molecule has 1 fully saturated rings. The molecule has 1 aromatic carbocycles. The molecule has 0 saturated carbocycles. The number of hydrogen-bond acceptors (Lipinski definition) is 3. The molecule has 2 rings (SSSR count). The first-order valence-corrected chi connectivity index (χ1v) is 5.79. The Morgan fingerprint density at radius 3 is 3.06 bits per heavy atom. The first kappa shape index (κ1) is 11.7. The van der Waals surface area contributed by atoms with Crippen LogP contribution in [0.2, 0.25) is 5.02 Å². The van der Waals surface area contributed by atoms with Crippen LogP contribution in [0.15, 0.2) is 18.2 Å². The molecule has 1 heterocycles. The molecule has 0 bridgehead atoms. The minimum atomic E-state index is 0.0865. The summed E-state index contributed by atoms with van der Waals surface area (Å²) in [6.45, 7) is 0.612. The number of nitrogens with zero attached hydrogens (tertiary/aromatic N) is 1. The summed E-state index contributed by atoms with van der Waals surface area (Å²) in [4.78, 5) is 11.0. The lowest BCUT2D eigenvalue weighted by molar-refractivity contribution is -0.119. The second-order valence-electron chi connectivity index (χ2n) is 3.99. The highest BCUT2D eigenvalue weighted by atomic mass is 35.5. The van der Waals surface area contributed by atoms with Crippen molar-refractivity contribution >= 4 is 23.2 Å². The molecule has 0 radical (unpaired) electrons. The zero-order valence-electron chi connectivity index (χ0n) is 9.16. The van der Waals surface area contributed by atoms with E-state index in [1.165, 1.54) is 0 Å². The summed E-state index contributed by atoms with van der Waals surface area (Å²) < 4.78 is 0. The van der Waals surface area contributed by atoms with Gasteiger partial charge >= 0.3 is 0 Å². The van der Waals surface area contributed by atoms with Gasteiger partial charge in [0.15, 0.2) is 0 Å². The summed E-state index contributed by atoms with van der Waals surface area (Å²) in [6, 6.07) is 7.31. The standard InChI is InChI=1S/C12H12ClN3O/c13-9-2-1-8(6-14)11(5-9)15-7-10-3-4-12(17)16-10/h1-2,5,10,15H,3-4,7H2,(H,16,17). The number of anilines is 1. The summed E-state index contributed by atoms with van der Waals surface area (Å²) in [6.07, 6.45) is 1.40. The molecule has 1 saturated heterocycles. The second-order valence-corrected chi connectivity index (χ2v) is 4.42. The molecule has 17 heavy (non-hydrogen) atoms. The van der Waals surface area contributed by atoms with Gasteiger partial charge in [-0.25, -0.2) is 0 Å². The highest BCUT2D eigenvalue weighted by molar-refractivity contribution is 6.30. The van der Waals surface area contributed by atoms with E-state index in [4.69, 9.17) is 16.9 Å². The smallest absolute Gasteiger partial charge is 0.220 e. The van der Waals surface area contributed by atoms with Crippen molar-refractivity contribution in [2.45, 2.75) is 18.9 Å². The van der Waals surface area contributed by atoms with Gasteiger partial charge < -0.3 is 10.6 Å². The van der Waals surface area contributed by atoms with Gasteiger partial charge in [-0.05, 0) is 24.6 Å². The van der Waals surface area contributed by atoms with Crippen LogP contribution >= 0.6 is 11.6 Å². The first-order chi connectivity index (χ1) is 8.19. The molecule has 1 aliphatic heterocycles. The summed E-state index contributed by atoms with van der Waals surface area (Å²) in [5.41, 5.74) is 1.26. The van der Waals surface area contributed by atoms with Crippen LogP contribution in [0, 0.1) is 11.3 Å². The predicted octanol–water partition coefficient (Wildman–Crippen LogP) is 1.90. The Morgan fingerprint density at radius 1 is 1.59 bits per heavy atom. The number of benzene rings is 1. The normalized spacial score (nSPS) is 18.6. The molecule has 2 N–H and O–H groups in total. The van der Waals surface area contributed by atoms with E-state index in [1.807, 2.05) is 0 Å². The molecular weight excluding hydrogens is 238 g/mol. The van der Waals surface area contributed by atoms with Crippen molar-refractivity contribution in [3.63, 3.8) is 0 Å². The number of nitriles is 1. The summed E-state index contributed by atoms with van der Waals surface area (Å²) >= 11 is 5.87. The van der Waals surface area contributed by atoms with Gasteiger partial charge in [0.1, 0.15) is 6.07 Å². The van der Waals surface area contributed by atoms with E-state index in [2.05, 4.69) is 16.7 Å². The van der Waals surface area contributed by atoms with E-state index in [1.54, 1.807) is 18.2 Å². The Hall–Kier alpha value is -1.73. The first-order valence-electron chi connectivity index (χ1n) is 5.42. The topological polar surface area (TPSA) is 64.9 Å². The largest absolute Gasteiger partial charge is 0.382 e. The van der Waals surface area contributed by atoms with Gasteiger partial charge in [-0.2, -0.15) is 5.26 Å². The maximum Gasteiger partial charge on any atom is 0.220 e. The van der Waals surface area contributed by atoms with Crippen molar-refractivity contribution in [1.82, 2.24) is 5.32 Å². The van der Waals surface area contributed by atoms with Crippen LogP contribution in [-0.4, -0.2) is 18.5 Å². The summed E-state index contributed by atoms with van der Waals surface area (Å²) in [7, 11) is 0. The fourth-order valence-corrected chi connectivity index (χ4v) is 2.00. The number of nitrogens with one attached hydrogen (secondary N) is 2. The van der Waals surface area contributed by atoms with E-state index in [-0.39, 0.29) is 11.9 Å². The fourth-order valence-electron chi connectivity index (χ4n) is 1.82. The quantitative estimate of drug-likeness (QED) is 0.860. The monoisotopic (exact) mass is 249 g/mol. The zero-order valence-corrected chi connectivity index (χ0v) is 9.92. The highest BCUT2D eigenvalue weighted by Gasteiger charge is 2.20. The molecule has 1 aliphatic rings. The van der Waals surface area contributed by atoms with Crippen LogP contribution in [0.4, 0.5) is 5.69 Å². The third kappa shape index (κ3) is 2.89. The third-order valence-corrected chi connectivity index (χ3v) is 2.96. The minimum Gasteiger partial charge on any atom is -0.382 e. The molecular formula is C12H12ClN3O. The predicted molar refractivity (Wildman–Crippen MR) is 65.8 cm³/mol. The van der Waals surface area contributed by atoms with Crippen molar-refractivity contribution < 1.29 is 4.79 Å². The molecule has 1 aromatic rings. The van der Waals surface area contributed by atoms with Gasteiger partial charge in [0.05, 0.1) is 11.3 Å². The SMILES string of the molecule is N#Cc1ccc(Cl)cc1NCC1CCC(=O)N1. The fraction of sp³-hybridized carbons (Fsp3) is 0.333. The van der Waals surface area contributed by atoms with Crippen LogP contribution in [-0.2, 0) is 4.79 Å². The average Bonchev–Trinajstić information content (AvgIpc) is 2.73. The third-order valence-electron chi connectivity index (χ3n) is 2.73. The number of rotatable bonds is 3. The van der Waals surface area contributed by atoms with Crippen molar-refractivity contribution in [1.29, 1.82) is 5.26 Å². The molecule has 1 amide bonds. The minimum absolute atomic E-state index is 0.0865. The van der Waals surface area contributed by atoms with E-state index >= 15 is 0 Å². The van der Waals surface area contributed by atoms with Crippen molar-refractivity contribution in [3.8, 4) is 6.07 Å². The van der Waals surface area contributed by atoms with Gasteiger partial charge in [0, 0.05) is 24.0 Å². The second kappa shape index (κ2) is 5.07. The van der Waals surface area contributed by atoms with Gasteiger partial charge in [-0.15, -0.1) is 0 Å². The molecule has 0 aromatic heterocycles. The van der Waals surface area contributed by atoms with Crippen LogP contribution in [0.5, 0.6) is 0 Å². The molecule has 1 atom stereocenters. The molecule has 88 valence electrons. The van der Waals surface area contributed by atoms with E-state index < -0.39 is 0 Å². The van der Waals surface area contributed by atoms with Gasteiger partial charge in [-0.1, -0.05) is 11.6 Å². The molecule has 4 nitrogen and oxygen atoms in total. The Kier molecular flexibility index (Phi) is 3.50. The Balaban J connectivity index is 2.01. The lowest BCUT2D eigenvalue weighted by atomic mass is 10.1. The van der Waals surface area contributed by atoms with Gasteiger partial charge in [0.2, 0.25) is 5.91 Å². The molecule has 1 unspecified atom stereocenters. The van der Waals surface area contributed by atoms with Crippen LogP contribution < -0.4 is 10.6 Å². The number of carbonyl (C=O) groups is 1. The lowest BCUT2D eigenvalue weighted by Crippen LogP contribution is -2.31. The summed E-state index contributed by atoms with van der Waals surface area (Å²) in [5, 5.41) is 15.5. The lowest BCUT2D eigenvalue weighted by Gasteiger charge is -2.13. The molecule has 5 heteroatoms. The Morgan fingerprint density at radius 2 is 2.41 bits per heavy atom. The van der Waals surface area contributed by atoms with Crippen molar-refractivity contribution in [2.75, 3.05) is 11.9 Å². The molecule has 0 aliphatic carbocycles. The Labute approximate surface area is 105 Å². The highest BCUT2D eigenvalue weighted by Crippen LogP contribution is 2.20. The van der Waals surface area contributed by atoms with Crippen LogP contribution in [0.25, 0.3) is 0 Å². The maximum absolute atomic E-state index is 11.0. The van der Waals surface area contributed by atoms with Crippen LogP contribution in [0.3, 0.4) is 0 Å². The maximum atomic E-state index is 11.0. The van der Waals surface area contributed by atoms with Gasteiger partial charge in [-0.3, -0.25) is 4.79 Å². The number of halogens is 1. The van der Waals surface area contributed by atoms with E-state index in [9.17, 15) is 4.79 Å². The van der Waals surface area contributed by atoms with Crippen molar-refractivity contribution in [2.24, 2.45) is 0 Å². The van der Waals surface area contributed by atoms with Gasteiger partial charge in [0.25, 0.3) is 0 Å². The molecule has 0 spiro atoms. The van der Waals surface area contributed by atoms with Crippen molar-refractivity contribution in [3.05, 3.63) is 28.8 Å². The van der Waals surface area contributed by atoms with E-state index in [0.717, 1.165) is 6.42 Å². The zero-order chi connectivity index (χ0) is 12.3. The average molecular weight is 250 g/mol. The number of hydrogen-bond donors (Lipinski definition) is 2.